The van der Waals surface area contributed by atoms with E-state index in [2.05, 4.69) is 5.32 Å². The molecular formula is C10H12ClNO2S. The molecule has 1 aromatic carbocycles. The highest BCUT2D eigenvalue weighted by Gasteiger charge is 2.31. The Kier molecular flexibility index (Phi) is 2.43. The van der Waals surface area contributed by atoms with Crippen LogP contribution in [-0.4, -0.2) is 20.2 Å². The Hall–Kier alpha value is -0.740. The van der Waals surface area contributed by atoms with E-state index in [-0.39, 0.29) is 0 Å². The molecule has 0 saturated carbocycles. The van der Waals surface area contributed by atoms with Crippen LogP contribution in [0.2, 0.25) is 5.02 Å². The molecule has 0 aromatic heterocycles. The number of benzene rings is 1. The van der Waals surface area contributed by atoms with E-state index < -0.39 is 15.1 Å². The van der Waals surface area contributed by atoms with Crippen molar-refractivity contribution in [2.75, 3.05) is 11.9 Å². The van der Waals surface area contributed by atoms with Gasteiger partial charge in [0.1, 0.15) is 0 Å². The van der Waals surface area contributed by atoms with Gasteiger partial charge in [-0.05, 0) is 31.5 Å². The van der Waals surface area contributed by atoms with Gasteiger partial charge in [0.2, 0.25) is 0 Å². The number of aryl methyl sites for hydroxylation is 1. The summed E-state index contributed by atoms with van der Waals surface area (Å²) in [6.45, 7) is 3.95. The van der Waals surface area contributed by atoms with Crippen molar-refractivity contribution >= 4 is 27.1 Å². The van der Waals surface area contributed by atoms with Gasteiger partial charge >= 0.3 is 0 Å². The molecule has 82 valence electrons. The average molecular weight is 246 g/mol. The maximum absolute atomic E-state index is 12.0. The molecular weight excluding hydrogens is 234 g/mol. The minimum Gasteiger partial charge on any atom is -0.381 e. The Labute approximate surface area is 94.4 Å². The molecule has 1 N–H and O–H groups in total. The molecule has 0 fully saturated rings. The van der Waals surface area contributed by atoms with Crippen molar-refractivity contribution in [2.45, 2.75) is 24.0 Å². The molecule has 0 saturated heterocycles. The fourth-order valence-electron chi connectivity index (χ4n) is 1.68. The first-order valence-corrected chi connectivity index (χ1v) is 6.63. The summed E-state index contributed by atoms with van der Waals surface area (Å²) in [6, 6.07) is 3.43. The topological polar surface area (TPSA) is 46.2 Å². The molecule has 15 heavy (non-hydrogen) atoms. The first kappa shape index (κ1) is 10.8. The van der Waals surface area contributed by atoms with Crippen LogP contribution >= 0.6 is 11.6 Å². The van der Waals surface area contributed by atoms with Gasteiger partial charge in [-0.15, -0.1) is 0 Å². The molecule has 5 heteroatoms. The molecule has 1 aliphatic heterocycles. The largest absolute Gasteiger partial charge is 0.381 e. The lowest BCUT2D eigenvalue weighted by atomic mass is 10.2. The van der Waals surface area contributed by atoms with Crippen LogP contribution in [-0.2, 0) is 9.84 Å². The lowest BCUT2D eigenvalue weighted by molar-refractivity contribution is 0.582. The molecule has 1 aromatic rings. The predicted molar refractivity (Wildman–Crippen MR) is 61.3 cm³/mol. The highest BCUT2D eigenvalue weighted by Crippen LogP contribution is 2.36. The predicted octanol–water partition coefficient (Wildman–Crippen LogP) is 2.24. The third-order valence-corrected chi connectivity index (χ3v) is 5.06. The molecule has 1 aliphatic rings. The molecule has 2 rings (SSSR count). The number of hydrogen-bond acceptors (Lipinski definition) is 3. The van der Waals surface area contributed by atoms with Crippen LogP contribution in [0.5, 0.6) is 0 Å². The molecule has 0 aliphatic carbocycles. The number of anilines is 1. The van der Waals surface area contributed by atoms with Crippen LogP contribution in [0.1, 0.15) is 12.5 Å². The van der Waals surface area contributed by atoms with Gasteiger partial charge in [-0.25, -0.2) is 8.42 Å². The van der Waals surface area contributed by atoms with Gasteiger partial charge in [0, 0.05) is 6.54 Å². The summed E-state index contributed by atoms with van der Waals surface area (Å²) in [7, 11) is -3.21. The van der Waals surface area contributed by atoms with Gasteiger partial charge in [-0.1, -0.05) is 11.6 Å². The number of halogens is 1. The van der Waals surface area contributed by atoms with Gasteiger partial charge in [0.25, 0.3) is 0 Å². The Bertz CT molecular complexity index is 510. The van der Waals surface area contributed by atoms with Crippen molar-refractivity contribution in [3.05, 3.63) is 22.7 Å². The molecule has 0 bridgehead atoms. The molecule has 0 radical (unpaired) electrons. The van der Waals surface area contributed by atoms with E-state index in [1.807, 2.05) is 6.92 Å². The Balaban J connectivity index is 2.75. The zero-order valence-corrected chi connectivity index (χ0v) is 10.1. The zero-order valence-electron chi connectivity index (χ0n) is 8.54. The van der Waals surface area contributed by atoms with Crippen LogP contribution in [0.15, 0.2) is 17.0 Å². The minimum absolute atomic E-state index is 0.325. The fourth-order valence-corrected chi connectivity index (χ4v) is 3.63. The monoisotopic (exact) mass is 245 g/mol. The normalized spacial score (nSPS) is 23.0. The van der Waals surface area contributed by atoms with Crippen molar-refractivity contribution in [3.8, 4) is 0 Å². The van der Waals surface area contributed by atoms with Gasteiger partial charge in [0.05, 0.1) is 20.9 Å². The molecule has 3 nitrogen and oxygen atoms in total. The van der Waals surface area contributed by atoms with Crippen molar-refractivity contribution in [1.29, 1.82) is 0 Å². The van der Waals surface area contributed by atoms with Gasteiger partial charge < -0.3 is 5.32 Å². The zero-order chi connectivity index (χ0) is 11.2. The van der Waals surface area contributed by atoms with E-state index in [9.17, 15) is 8.42 Å². The van der Waals surface area contributed by atoms with Crippen molar-refractivity contribution in [1.82, 2.24) is 0 Å². The third-order valence-electron chi connectivity index (χ3n) is 2.60. The first-order chi connectivity index (χ1) is 6.93. The van der Waals surface area contributed by atoms with Crippen molar-refractivity contribution in [3.63, 3.8) is 0 Å². The van der Waals surface area contributed by atoms with Crippen molar-refractivity contribution < 1.29 is 8.42 Å². The van der Waals surface area contributed by atoms with E-state index in [1.54, 1.807) is 19.1 Å². The number of fused-ring (bicyclic) bond motifs is 1. The van der Waals surface area contributed by atoms with Gasteiger partial charge in [-0.3, -0.25) is 0 Å². The Morgan fingerprint density at radius 2 is 2.13 bits per heavy atom. The highest BCUT2D eigenvalue weighted by molar-refractivity contribution is 7.92. The summed E-state index contributed by atoms with van der Waals surface area (Å²) in [5.41, 5.74) is 1.40. The summed E-state index contributed by atoms with van der Waals surface area (Å²) in [5, 5.41) is 3.12. The lowest BCUT2D eigenvalue weighted by Gasteiger charge is -2.24. The number of hydrogen-bond donors (Lipinski definition) is 1. The maximum atomic E-state index is 12.0. The van der Waals surface area contributed by atoms with E-state index in [1.165, 1.54) is 0 Å². The SMILES string of the molecule is Cc1cc(Cl)c2c(c1)S(=O)(=O)C(C)CN2. The van der Waals surface area contributed by atoms with Crippen LogP contribution in [0, 0.1) is 6.92 Å². The maximum Gasteiger partial charge on any atom is 0.184 e. The summed E-state index contributed by atoms with van der Waals surface area (Å²) in [4.78, 5) is 0.325. The second-order valence-electron chi connectivity index (χ2n) is 3.86. The fraction of sp³-hybridized carbons (Fsp3) is 0.400. The van der Waals surface area contributed by atoms with E-state index in [0.717, 1.165) is 5.56 Å². The molecule has 1 heterocycles. The van der Waals surface area contributed by atoms with Crippen LogP contribution in [0.4, 0.5) is 5.69 Å². The van der Waals surface area contributed by atoms with Crippen LogP contribution in [0.25, 0.3) is 0 Å². The summed E-state index contributed by atoms with van der Waals surface area (Å²) >= 11 is 6.00. The molecule has 1 unspecified atom stereocenters. The Morgan fingerprint density at radius 3 is 2.80 bits per heavy atom. The summed E-state index contributed by atoms with van der Waals surface area (Å²) < 4.78 is 24.0. The number of sulfone groups is 1. The van der Waals surface area contributed by atoms with Crippen molar-refractivity contribution in [2.24, 2.45) is 0 Å². The van der Waals surface area contributed by atoms with Crippen LogP contribution < -0.4 is 5.32 Å². The van der Waals surface area contributed by atoms with E-state index >= 15 is 0 Å². The second kappa shape index (κ2) is 3.39. The number of rotatable bonds is 0. The third kappa shape index (κ3) is 1.62. The van der Waals surface area contributed by atoms with Crippen LogP contribution in [0.3, 0.4) is 0 Å². The minimum atomic E-state index is -3.21. The van der Waals surface area contributed by atoms with E-state index in [4.69, 9.17) is 11.6 Å². The van der Waals surface area contributed by atoms with Gasteiger partial charge in [-0.2, -0.15) is 0 Å². The summed E-state index contributed by atoms with van der Waals surface area (Å²) in [6.07, 6.45) is 0. The van der Waals surface area contributed by atoms with E-state index in [0.29, 0.717) is 22.2 Å². The smallest absolute Gasteiger partial charge is 0.184 e. The molecule has 0 amide bonds. The molecule has 0 spiro atoms. The molecule has 1 atom stereocenters. The highest BCUT2D eigenvalue weighted by atomic mass is 35.5. The summed E-state index contributed by atoms with van der Waals surface area (Å²) in [5.74, 6) is 0. The second-order valence-corrected chi connectivity index (χ2v) is 6.60. The lowest BCUT2D eigenvalue weighted by Crippen LogP contribution is -2.32. The van der Waals surface area contributed by atoms with Gasteiger partial charge in [0.15, 0.2) is 9.84 Å². The first-order valence-electron chi connectivity index (χ1n) is 4.71. The average Bonchev–Trinajstić information content (AvgIpc) is 2.12. The standard InChI is InChI=1S/C10H12ClNO2S/c1-6-3-8(11)10-9(4-6)15(13,14)7(2)5-12-10/h3-4,7,12H,5H2,1-2H3. The quantitative estimate of drug-likeness (QED) is 0.763. The number of nitrogens with one attached hydrogen (secondary N) is 1. The Morgan fingerprint density at radius 1 is 1.47 bits per heavy atom.